The fourth-order valence-electron chi connectivity index (χ4n) is 2.20. The van der Waals surface area contributed by atoms with Gasteiger partial charge in [0.1, 0.15) is 0 Å². The molecule has 0 amide bonds. The quantitative estimate of drug-likeness (QED) is 0.776. The van der Waals surface area contributed by atoms with Crippen molar-refractivity contribution in [3.8, 4) is 0 Å². The molecule has 0 saturated heterocycles. The number of hydrogen-bond donors (Lipinski definition) is 0. The van der Waals surface area contributed by atoms with Crippen LogP contribution in [-0.2, 0) is 13.7 Å². The predicted octanol–water partition coefficient (Wildman–Crippen LogP) is 4.11. The molecule has 0 unspecified atom stereocenters. The van der Waals surface area contributed by atoms with Crippen LogP contribution in [0.5, 0.6) is 0 Å². The van der Waals surface area contributed by atoms with E-state index in [0.29, 0.717) is 0 Å². The maximum Gasteiger partial charge on any atom is 0.343 e. The Labute approximate surface area is 128 Å². The highest BCUT2D eigenvalue weighted by atomic mass is 32.2. The van der Waals surface area contributed by atoms with Crippen molar-refractivity contribution >= 4 is 29.8 Å². The van der Waals surface area contributed by atoms with Gasteiger partial charge in [-0.2, -0.15) is 0 Å². The van der Waals surface area contributed by atoms with Gasteiger partial charge in [0.2, 0.25) is 0 Å². The SMILES string of the molecule is CSOC(=O)C(SC)(c1ccccc1)c1ccccc1. The molecule has 0 radical (unpaired) electrons. The maximum atomic E-state index is 12.6. The highest BCUT2D eigenvalue weighted by molar-refractivity contribution is 8.00. The second-order valence-corrected chi connectivity index (χ2v) is 5.68. The van der Waals surface area contributed by atoms with Gasteiger partial charge in [0, 0.05) is 6.26 Å². The summed E-state index contributed by atoms with van der Waals surface area (Å²) in [6.45, 7) is 0. The number of carbonyl (C=O) groups excluding carboxylic acids is 1. The molecule has 0 aliphatic rings. The van der Waals surface area contributed by atoms with Crippen LogP contribution in [0.15, 0.2) is 60.7 Å². The van der Waals surface area contributed by atoms with E-state index in [1.54, 1.807) is 6.26 Å². The van der Waals surface area contributed by atoms with Gasteiger partial charge in [-0.05, 0) is 17.4 Å². The minimum atomic E-state index is -0.828. The minimum Gasteiger partial charge on any atom is -0.390 e. The number of carbonyl (C=O) groups is 1. The van der Waals surface area contributed by atoms with Crippen molar-refractivity contribution in [3.05, 3.63) is 71.8 Å². The molecule has 0 atom stereocenters. The fourth-order valence-corrected chi connectivity index (χ4v) is 3.48. The van der Waals surface area contributed by atoms with Crippen LogP contribution in [0.25, 0.3) is 0 Å². The lowest BCUT2D eigenvalue weighted by Gasteiger charge is -2.30. The first-order chi connectivity index (χ1) is 9.75. The zero-order chi connectivity index (χ0) is 14.4. The van der Waals surface area contributed by atoms with E-state index < -0.39 is 4.75 Å². The second-order valence-electron chi connectivity index (χ2n) is 4.15. The van der Waals surface area contributed by atoms with Crippen LogP contribution in [0.2, 0.25) is 0 Å². The smallest absolute Gasteiger partial charge is 0.343 e. The molecule has 0 N–H and O–H groups in total. The molecule has 20 heavy (non-hydrogen) atoms. The fraction of sp³-hybridized carbons (Fsp3) is 0.188. The van der Waals surface area contributed by atoms with Crippen molar-refractivity contribution in [2.24, 2.45) is 0 Å². The van der Waals surface area contributed by atoms with Crippen LogP contribution in [-0.4, -0.2) is 18.5 Å². The van der Waals surface area contributed by atoms with Gasteiger partial charge >= 0.3 is 5.97 Å². The molecule has 104 valence electrons. The highest BCUT2D eigenvalue weighted by Crippen LogP contribution is 2.43. The molecule has 2 nitrogen and oxygen atoms in total. The zero-order valence-electron chi connectivity index (χ0n) is 11.4. The van der Waals surface area contributed by atoms with Crippen LogP contribution < -0.4 is 0 Å². The lowest BCUT2D eigenvalue weighted by atomic mass is 9.90. The maximum absolute atomic E-state index is 12.6. The van der Waals surface area contributed by atoms with E-state index in [1.165, 1.54) is 11.8 Å². The molecule has 0 fully saturated rings. The molecule has 0 aliphatic carbocycles. The lowest BCUT2D eigenvalue weighted by Crippen LogP contribution is -2.34. The van der Waals surface area contributed by atoms with Gasteiger partial charge in [-0.1, -0.05) is 60.7 Å². The van der Waals surface area contributed by atoms with Gasteiger partial charge in [0.25, 0.3) is 0 Å². The monoisotopic (exact) mass is 304 g/mol. The summed E-state index contributed by atoms with van der Waals surface area (Å²) in [6.07, 6.45) is 3.68. The summed E-state index contributed by atoms with van der Waals surface area (Å²) in [5.74, 6) is -0.255. The van der Waals surface area contributed by atoms with Gasteiger partial charge in [-0.3, -0.25) is 0 Å². The van der Waals surface area contributed by atoms with E-state index >= 15 is 0 Å². The van der Waals surface area contributed by atoms with Crippen molar-refractivity contribution < 1.29 is 8.98 Å². The molecule has 0 heterocycles. The van der Waals surface area contributed by atoms with E-state index in [0.717, 1.165) is 23.2 Å². The Morgan fingerprint density at radius 1 is 0.900 bits per heavy atom. The average Bonchev–Trinajstić information content (AvgIpc) is 2.51. The van der Waals surface area contributed by atoms with Gasteiger partial charge in [-0.25, -0.2) is 4.79 Å². The van der Waals surface area contributed by atoms with Crippen LogP contribution in [0.1, 0.15) is 11.1 Å². The molecular formula is C16H16O2S2. The molecule has 0 aromatic heterocycles. The first-order valence-corrected chi connectivity index (χ1v) is 8.54. The Hall–Kier alpha value is -1.39. The van der Waals surface area contributed by atoms with Gasteiger partial charge in [0.05, 0.1) is 12.0 Å². The largest absolute Gasteiger partial charge is 0.390 e. The second kappa shape index (κ2) is 6.86. The third kappa shape index (κ3) is 2.72. The van der Waals surface area contributed by atoms with Crippen LogP contribution in [0.3, 0.4) is 0 Å². The third-order valence-corrected chi connectivity index (χ3v) is 4.68. The van der Waals surface area contributed by atoms with Crippen molar-refractivity contribution in [3.63, 3.8) is 0 Å². The molecule has 0 saturated carbocycles. The predicted molar refractivity (Wildman–Crippen MR) is 86.8 cm³/mol. The number of hydrogen-bond acceptors (Lipinski definition) is 4. The van der Waals surface area contributed by atoms with Gasteiger partial charge in [-0.15, -0.1) is 11.8 Å². The van der Waals surface area contributed by atoms with Crippen molar-refractivity contribution in [1.82, 2.24) is 0 Å². The van der Waals surface area contributed by atoms with E-state index in [4.69, 9.17) is 4.18 Å². The van der Waals surface area contributed by atoms with E-state index in [2.05, 4.69) is 0 Å². The Bertz CT molecular complexity index is 516. The molecular weight excluding hydrogens is 288 g/mol. The average molecular weight is 304 g/mol. The van der Waals surface area contributed by atoms with E-state index in [9.17, 15) is 4.79 Å². The van der Waals surface area contributed by atoms with Crippen molar-refractivity contribution in [1.29, 1.82) is 0 Å². The molecule has 4 heteroatoms. The number of rotatable bonds is 5. The number of thioether (sulfide) groups is 1. The van der Waals surface area contributed by atoms with E-state index in [-0.39, 0.29) is 5.97 Å². The van der Waals surface area contributed by atoms with Crippen LogP contribution in [0, 0.1) is 0 Å². The summed E-state index contributed by atoms with van der Waals surface area (Å²) < 4.78 is 4.44. The first-order valence-electron chi connectivity index (χ1n) is 6.17. The Morgan fingerprint density at radius 2 is 1.35 bits per heavy atom. The minimum absolute atomic E-state index is 0.255. The standard InChI is InChI=1S/C16H16O2S2/c1-19-16(15(17)18-20-2,13-9-5-3-6-10-13)14-11-7-4-8-12-14/h3-12H,1-2H3. The summed E-state index contributed by atoms with van der Waals surface area (Å²) in [5, 5.41) is 0. The van der Waals surface area contributed by atoms with Crippen molar-refractivity contribution in [2.75, 3.05) is 12.5 Å². The van der Waals surface area contributed by atoms with Gasteiger partial charge < -0.3 is 4.18 Å². The molecule has 2 aromatic rings. The molecule has 2 rings (SSSR count). The summed E-state index contributed by atoms with van der Waals surface area (Å²) in [6, 6.07) is 19.5. The Kier molecular flexibility index (Phi) is 5.15. The first kappa shape index (κ1) is 15.0. The Balaban J connectivity index is 2.61. The summed E-state index contributed by atoms with van der Waals surface area (Å²) in [4.78, 5) is 12.6. The van der Waals surface area contributed by atoms with Crippen molar-refractivity contribution in [2.45, 2.75) is 4.75 Å². The summed E-state index contributed by atoms with van der Waals surface area (Å²) in [7, 11) is 0. The van der Waals surface area contributed by atoms with Crippen LogP contribution in [0.4, 0.5) is 0 Å². The molecule has 0 bridgehead atoms. The summed E-state index contributed by atoms with van der Waals surface area (Å²) in [5.41, 5.74) is 1.86. The third-order valence-electron chi connectivity index (χ3n) is 3.11. The molecule has 2 aromatic carbocycles. The van der Waals surface area contributed by atoms with Crippen LogP contribution >= 0.6 is 23.8 Å². The normalized spacial score (nSPS) is 11.1. The summed E-state index contributed by atoms with van der Waals surface area (Å²) >= 11 is 2.56. The lowest BCUT2D eigenvalue weighted by molar-refractivity contribution is -0.134. The Morgan fingerprint density at radius 3 is 1.70 bits per heavy atom. The molecule has 0 aliphatic heterocycles. The zero-order valence-corrected chi connectivity index (χ0v) is 13.0. The number of benzene rings is 2. The topological polar surface area (TPSA) is 26.3 Å². The highest BCUT2D eigenvalue weighted by Gasteiger charge is 2.43. The molecule has 0 spiro atoms. The van der Waals surface area contributed by atoms with E-state index in [1.807, 2.05) is 66.9 Å². The van der Waals surface area contributed by atoms with Gasteiger partial charge in [0.15, 0.2) is 4.75 Å².